The van der Waals surface area contributed by atoms with Crippen molar-refractivity contribution in [2.24, 2.45) is 0 Å². The van der Waals surface area contributed by atoms with Gasteiger partial charge in [-0.25, -0.2) is 49.5 Å². The fourth-order valence-electron chi connectivity index (χ4n) is 16.5. The van der Waals surface area contributed by atoms with Crippen LogP contribution in [0, 0.1) is 0 Å². The van der Waals surface area contributed by atoms with Crippen molar-refractivity contribution in [1.82, 2.24) is 39.9 Å². The van der Waals surface area contributed by atoms with E-state index in [0.29, 0.717) is 99.8 Å². The minimum Gasteiger partial charge on any atom is -0.494 e. The van der Waals surface area contributed by atoms with Crippen molar-refractivity contribution >= 4 is 11.9 Å². The first-order valence-corrected chi connectivity index (χ1v) is 53.0. The molecule has 10 rings (SSSR count). The Balaban J connectivity index is 0.628. The molecule has 0 amide bonds. The second-order valence-corrected chi connectivity index (χ2v) is 36.6. The predicted molar refractivity (Wildman–Crippen MR) is 553 cm³/mol. The van der Waals surface area contributed by atoms with E-state index in [1.165, 1.54) is 176 Å². The van der Waals surface area contributed by atoms with Gasteiger partial charge in [0.25, 0.3) is 0 Å². The number of esters is 2. The van der Waals surface area contributed by atoms with Crippen LogP contribution in [0.1, 0.15) is 360 Å². The summed E-state index contributed by atoms with van der Waals surface area (Å²) in [4.78, 5) is 64.6. The lowest BCUT2D eigenvalue weighted by molar-refractivity contribution is 0.0495. The summed E-state index contributed by atoms with van der Waals surface area (Å²) in [6, 6.07) is 42.8. The number of carbonyl (C=O) groups excluding carboxylic acids is 2. The lowest BCUT2D eigenvalue weighted by atomic mass is 10.1. The summed E-state index contributed by atoms with van der Waals surface area (Å²) in [5, 5.41) is 0. The molecule has 0 atom stereocenters. The number of aryl methyl sites for hydroxylation is 4. The van der Waals surface area contributed by atoms with Crippen LogP contribution in [0.15, 0.2) is 183 Å². The van der Waals surface area contributed by atoms with Crippen LogP contribution in [-0.2, 0) is 35.2 Å². The average molecular weight is 1870 g/mol. The molecule has 6 aromatic carbocycles. The first-order chi connectivity index (χ1) is 67.7. The zero-order valence-corrected chi connectivity index (χ0v) is 83.5. The molecule has 10 aromatic rings. The third-order valence-electron chi connectivity index (χ3n) is 24.9. The number of rotatable bonds is 78. The highest BCUT2D eigenvalue weighted by Gasteiger charge is 2.18. The van der Waals surface area contributed by atoms with Crippen LogP contribution in [0.3, 0.4) is 0 Å². The first kappa shape index (κ1) is 108. The van der Waals surface area contributed by atoms with E-state index in [2.05, 4.69) is 67.6 Å². The van der Waals surface area contributed by atoms with Gasteiger partial charge in [0.2, 0.25) is 0 Å². The zero-order valence-electron chi connectivity index (χ0n) is 83.5. The van der Waals surface area contributed by atoms with Crippen molar-refractivity contribution in [2.45, 2.75) is 342 Å². The molecular weight excluding hydrogens is 1710 g/mol. The molecule has 0 radical (unpaired) electrons. The third kappa shape index (κ3) is 44.1. The number of ether oxygens (including phenoxy) is 10. The fraction of sp³-hybridized carbons (Fsp3) is 0.538. The molecule has 0 unspecified atom stereocenters. The monoisotopic (exact) mass is 1870 g/mol. The Morgan fingerprint density at radius 1 is 0.197 bits per heavy atom. The highest BCUT2D eigenvalue weighted by atomic mass is 16.5. The Hall–Kier alpha value is -11.0. The number of benzene rings is 6. The van der Waals surface area contributed by atoms with Gasteiger partial charge >= 0.3 is 11.9 Å². The van der Waals surface area contributed by atoms with Crippen molar-refractivity contribution in [3.8, 4) is 91.5 Å². The van der Waals surface area contributed by atoms with E-state index in [1.54, 1.807) is 24.3 Å². The normalized spacial score (nSPS) is 11.2. The summed E-state index contributed by atoms with van der Waals surface area (Å²) in [5.74, 6) is 7.66. The predicted octanol–water partition coefficient (Wildman–Crippen LogP) is 30.2. The third-order valence-corrected chi connectivity index (χ3v) is 24.9. The molecule has 0 saturated carbocycles. The van der Waals surface area contributed by atoms with Gasteiger partial charge < -0.3 is 47.4 Å². The number of unbranched alkanes of at least 4 members (excludes halogenated alkanes) is 36. The van der Waals surface area contributed by atoms with Crippen LogP contribution in [0.4, 0.5) is 0 Å². The van der Waals surface area contributed by atoms with Gasteiger partial charge in [-0.15, -0.1) is 0 Å². The molecule has 0 fully saturated rings. The Kier molecular flexibility index (Phi) is 53.7. The van der Waals surface area contributed by atoms with Gasteiger partial charge in [-0.1, -0.05) is 175 Å². The van der Waals surface area contributed by atoms with E-state index < -0.39 is 11.9 Å². The summed E-state index contributed by atoms with van der Waals surface area (Å²) in [7, 11) is 0. The molecule has 20 nitrogen and oxygen atoms in total. The van der Waals surface area contributed by atoms with Gasteiger partial charge in [-0.05, 0) is 323 Å². The maximum absolute atomic E-state index is 13.6. The van der Waals surface area contributed by atoms with Crippen LogP contribution in [0.2, 0.25) is 0 Å². The minimum atomic E-state index is -0.408. The Morgan fingerprint density at radius 3 is 0.613 bits per heavy atom. The smallest absolute Gasteiger partial charge is 0.338 e. The quantitative estimate of drug-likeness (QED) is 0.0255. The number of hydrogen-bond acceptors (Lipinski definition) is 20. The zero-order chi connectivity index (χ0) is 95.5. The second-order valence-electron chi connectivity index (χ2n) is 36.6. The standard InChI is InChI=1S/C117H160N8O12/c1-5-9-13-17-22-36-50-94-86-118-112(119-87-94)98-54-64-104(65-55-98)128-74-40-28-32-44-78-132-108-72-62-102(84-110(108)134-80-46-34-30-42-76-130-106-68-58-100(59-69-106)114-122-90-96(91-123-114)52-38-24-19-15-11-7-3)116(126)136-82-48-26-21-27-49-83-137-117(127)103-63-73-109(133-79-45-33-29-41-75-129-105-66-56-99(57-67-105)113-120-88-95(89-121-113)51-37-23-18-14-10-6-2)111(85-103)135-81-47-35-31-43-77-131-107-70-60-101(61-71-107)115-124-92-97(93-125-115)53-39-25-20-16-12-8-4/h54-73,84-93H,5-53,74-83H2,1-4H3. The van der Waals surface area contributed by atoms with E-state index >= 15 is 0 Å². The van der Waals surface area contributed by atoms with Crippen LogP contribution in [-0.4, -0.2) is 118 Å². The molecule has 20 heteroatoms. The molecule has 0 aliphatic heterocycles. The van der Waals surface area contributed by atoms with E-state index in [9.17, 15) is 9.59 Å². The molecule has 4 heterocycles. The summed E-state index contributed by atoms with van der Waals surface area (Å²) < 4.78 is 61.8. The summed E-state index contributed by atoms with van der Waals surface area (Å²) in [6.07, 6.45) is 69.2. The van der Waals surface area contributed by atoms with Gasteiger partial charge in [0.1, 0.15) is 23.0 Å². The van der Waals surface area contributed by atoms with E-state index in [4.69, 9.17) is 47.4 Å². The Labute approximate surface area is 820 Å². The molecule has 0 saturated heterocycles. The molecule has 137 heavy (non-hydrogen) atoms. The molecule has 0 aliphatic rings. The summed E-state index contributed by atoms with van der Waals surface area (Å²) >= 11 is 0. The van der Waals surface area contributed by atoms with Crippen molar-refractivity contribution in [3.05, 3.63) is 216 Å². The molecule has 0 spiro atoms. The summed E-state index contributed by atoms with van der Waals surface area (Å²) in [5.41, 5.74) is 9.47. The lowest BCUT2D eigenvalue weighted by Crippen LogP contribution is -2.09. The largest absolute Gasteiger partial charge is 0.494 e. The number of carbonyl (C=O) groups is 2. The van der Waals surface area contributed by atoms with Crippen molar-refractivity contribution in [1.29, 1.82) is 0 Å². The van der Waals surface area contributed by atoms with Crippen molar-refractivity contribution < 1.29 is 57.0 Å². The minimum absolute atomic E-state index is 0.280. The van der Waals surface area contributed by atoms with Crippen LogP contribution in [0.5, 0.6) is 46.0 Å². The Morgan fingerprint density at radius 2 is 0.387 bits per heavy atom. The van der Waals surface area contributed by atoms with Crippen LogP contribution >= 0.6 is 0 Å². The highest BCUT2D eigenvalue weighted by molar-refractivity contribution is 5.91. The number of aromatic nitrogens is 8. The van der Waals surface area contributed by atoms with Gasteiger partial charge in [-0.3, -0.25) is 0 Å². The molecule has 740 valence electrons. The molecule has 0 aliphatic carbocycles. The van der Waals surface area contributed by atoms with Gasteiger partial charge in [0, 0.05) is 71.8 Å². The van der Waals surface area contributed by atoms with E-state index in [-0.39, 0.29) is 13.2 Å². The fourth-order valence-corrected chi connectivity index (χ4v) is 16.5. The summed E-state index contributed by atoms with van der Waals surface area (Å²) in [6.45, 7) is 14.0. The van der Waals surface area contributed by atoms with Gasteiger partial charge in [0.05, 0.1) is 77.2 Å². The number of hydrogen-bond donors (Lipinski definition) is 0. The first-order valence-electron chi connectivity index (χ1n) is 53.0. The Bertz CT molecular complexity index is 4510. The van der Waals surface area contributed by atoms with E-state index in [1.807, 2.05) is 159 Å². The maximum Gasteiger partial charge on any atom is 0.338 e. The SMILES string of the molecule is CCCCCCCCc1cnc(-c2ccc(OCCCCCCOc3ccc(C(=O)OCCCCCCCOC(=O)c4ccc(OCCCCCCOc5ccc(-c6ncc(CCCCCCCC)cn6)cc5)c(OCCCCCCOc5ccc(-c6ncc(CCCCCCCC)cn6)cc5)c4)cc3OCCCCCCOc3ccc(-c4ncc(CCCCCCCC)cn4)cc3)cc2)nc1. The molecule has 4 aromatic heterocycles. The van der Waals surface area contributed by atoms with Crippen LogP contribution in [0.25, 0.3) is 45.6 Å². The average Bonchev–Trinajstić information content (AvgIpc) is 0.852. The second kappa shape index (κ2) is 68.1. The topological polar surface area (TPSA) is 230 Å². The van der Waals surface area contributed by atoms with Crippen molar-refractivity contribution in [3.63, 3.8) is 0 Å². The van der Waals surface area contributed by atoms with E-state index in [0.717, 1.165) is 216 Å². The van der Waals surface area contributed by atoms with Crippen LogP contribution < -0.4 is 37.9 Å². The highest BCUT2D eigenvalue weighted by Crippen LogP contribution is 2.34. The maximum atomic E-state index is 13.6. The molecular formula is C117H160N8O12. The van der Waals surface area contributed by atoms with Gasteiger partial charge in [-0.2, -0.15) is 0 Å². The van der Waals surface area contributed by atoms with Crippen molar-refractivity contribution in [2.75, 3.05) is 66.1 Å². The molecule has 0 N–H and O–H groups in total. The lowest BCUT2D eigenvalue weighted by Gasteiger charge is -2.15. The molecule has 0 bridgehead atoms. The van der Waals surface area contributed by atoms with Gasteiger partial charge in [0.15, 0.2) is 46.3 Å². The number of nitrogens with zero attached hydrogens (tertiary/aromatic N) is 8.